The molecule has 1 aliphatic rings. The van der Waals surface area contributed by atoms with Crippen LogP contribution in [0.15, 0.2) is 48.5 Å². The van der Waals surface area contributed by atoms with Gasteiger partial charge in [0.1, 0.15) is 5.82 Å². The average Bonchev–Trinajstić information content (AvgIpc) is 2.87. The molecule has 5 nitrogen and oxygen atoms in total. The van der Waals surface area contributed by atoms with Crippen LogP contribution in [0, 0.1) is 25.1 Å². The Labute approximate surface area is 238 Å². The zero-order valence-electron chi connectivity index (χ0n) is 25.0. The summed E-state index contributed by atoms with van der Waals surface area (Å²) in [4.78, 5) is 19.9. The van der Waals surface area contributed by atoms with Gasteiger partial charge in [0.25, 0.3) is 0 Å². The monoisotopic (exact) mass is 546 g/mol. The second-order valence-corrected chi connectivity index (χ2v) is 12.8. The van der Waals surface area contributed by atoms with Gasteiger partial charge >= 0.3 is 5.97 Å². The number of aromatic nitrogens is 1. The molecule has 2 heterocycles. The van der Waals surface area contributed by atoms with E-state index in [-0.39, 0.29) is 11.2 Å². The number of anilines is 1. The molecule has 6 heteroatoms. The molecule has 0 bridgehead atoms. The Balaban J connectivity index is 1.77. The zero-order chi connectivity index (χ0) is 29.2. The number of ether oxygens (including phenoxy) is 1. The van der Waals surface area contributed by atoms with Gasteiger partial charge in [0.05, 0.1) is 11.3 Å². The quantitative estimate of drug-likeness (QED) is 0.312. The van der Waals surface area contributed by atoms with Crippen molar-refractivity contribution in [2.45, 2.75) is 85.9 Å². The lowest BCUT2D eigenvalue weighted by Gasteiger charge is -2.41. The van der Waals surface area contributed by atoms with Gasteiger partial charge < -0.3 is 14.7 Å². The molecule has 3 aromatic rings. The summed E-state index contributed by atoms with van der Waals surface area (Å²) in [5, 5.41) is 10.4. The van der Waals surface area contributed by atoms with Crippen LogP contribution in [-0.4, -0.2) is 34.8 Å². The van der Waals surface area contributed by atoms with Gasteiger partial charge in [-0.25, -0.2) is 9.18 Å². The largest absolute Gasteiger partial charge is 0.479 e. The Morgan fingerprint density at radius 3 is 2.00 bits per heavy atom. The topological polar surface area (TPSA) is 62.7 Å². The summed E-state index contributed by atoms with van der Waals surface area (Å²) in [6.45, 7) is 15.8. The predicted molar refractivity (Wildman–Crippen MR) is 159 cm³/mol. The fourth-order valence-corrected chi connectivity index (χ4v) is 5.53. The Morgan fingerprint density at radius 1 is 0.975 bits per heavy atom. The minimum Gasteiger partial charge on any atom is -0.479 e. The SMILES string of the molecule is Cc1nc(C)c(C(OC(C)(C)C)C(=O)O)c(N2CCC(C)(C)CC2)c1-c1ccc(CCc2ccc(F)cc2)cc1. The van der Waals surface area contributed by atoms with Crippen LogP contribution in [-0.2, 0) is 22.4 Å². The van der Waals surface area contributed by atoms with Crippen LogP contribution >= 0.6 is 0 Å². The van der Waals surface area contributed by atoms with E-state index in [2.05, 4.69) is 43.0 Å². The van der Waals surface area contributed by atoms with Crippen LogP contribution in [0.25, 0.3) is 11.1 Å². The van der Waals surface area contributed by atoms with Gasteiger partial charge in [-0.15, -0.1) is 0 Å². The molecule has 40 heavy (non-hydrogen) atoms. The summed E-state index contributed by atoms with van der Waals surface area (Å²) in [5.41, 5.74) is 7.00. The Bertz CT molecular complexity index is 1330. The third-order valence-electron chi connectivity index (χ3n) is 7.83. The molecular weight excluding hydrogens is 503 g/mol. The summed E-state index contributed by atoms with van der Waals surface area (Å²) in [7, 11) is 0. The van der Waals surface area contributed by atoms with Crippen molar-refractivity contribution in [1.29, 1.82) is 0 Å². The molecule has 0 saturated carbocycles. The number of aliphatic carboxylic acids is 1. The lowest BCUT2D eigenvalue weighted by Crippen LogP contribution is -2.39. The number of pyridine rings is 1. The predicted octanol–water partition coefficient (Wildman–Crippen LogP) is 7.86. The van der Waals surface area contributed by atoms with Crippen LogP contribution in [0.1, 0.15) is 81.6 Å². The van der Waals surface area contributed by atoms with E-state index in [1.807, 2.05) is 46.8 Å². The first-order valence-electron chi connectivity index (χ1n) is 14.2. The molecule has 1 aromatic heterocycles. The number of aryl methyl sites for hydroxylation is 4. The van der Waals surface area contributed by atoms with Crippen molar-refractivity contribution in [1.82, 2.24) is 4.98 Å². The van der Waals surface area contributed by atoms with Crippen molar-refractivity contribution < 1.29 is 19.0 Å². The molecule has 2 aromatic carbocycles. The fourth-order valence-electron chi connectivity index (χ4n) is 5.53. The first kappa shape index (κ1) is 29.7. The first-order valence-corrected chi connectivity index (χ1v) is 14.2. The van der Waals surface area contributed by atoms with Crippen molar-refractivity contribution in [2.24, 2.45) is 5.41 Å². The molecule has 1 unspecified atom stereocenters. The number of carboxylic acids is 1. The second kappa shape index (κ2) is 11.7. The molecule has 1 atom stereocenters. The van der Waals surface area contributed by atoms with Gasteiger partial charge in [-0.05, 0) is 94.5 Å². The minimum absolute atomic E-state index is 0.222. The standard InChI is InChI=1S/C34H43FN2O3/c1-22-28(26-14-10-24(11-15-26)8-9-25-12-16-27(35)17-13-25)30(37-20-18-34(6,7)19-21-37)29(23(2)36-22)31(32(38)39)40-33(3,4)5/h10-17,31H,8-9,18-21H2,1-7H3,(H,38,39). The summed E-state index contributed by atoms with van der Waals surface area (Å²) in [5.74, 6) is -1.23. The van der Waals surface area contributed by atoms with Crippen LogP contribution in [0.5, 0.6) is 0 Å². The first-order chi connectivity index (χ1) is 18.7. The average molecular weight is 547 g/mol. The molecule has 0 amide bonds. The van der Waals surface area contributed by atoms with Crippen molar-refractivity contribution in [2.75, 3.05) is 18.0 Å². The van der Waals surface area contributed by atoms with Gasteiger partial charge in [-0.1, -0.05) is 50.2 Å². The maximum absolute atomic E-state index is 13.3. The Kier molecular flexibility index (Phi) is 8.69. The van der Waals surface area contributed by atoms with Crippen molar-refractivity contribution >= 4 is 11.7 Å². The van der Waals surface area contributed by atoms with Crippen molar-refractivity contribution in [3.63, 3.8) is 0 Å². The third kappa shape index (κ3) is 7.08. The van der Waals surface area contributed by atoms with E-state index in [0.29, 0.717) is 11.3 Å². The van der Waals surface area contributed by atoms with E-state index in [0.717, 1.165) is 66.8 Å². The van der Waals surface area contributed by atoms with Crippen molar-refractivity contribution in [3.8, 4) is 11.1 Å². The summed E-state index contributed by atoms with van der Waals surface area (Å²) < 4.78 is 19.5. The highest BCUT2D eigenvalue weighted by atomic mass is 19.1. The van der Waals surface area contributed by atoms with E-state index in [1.54, 1.807) is 0 Å². The van der Waals surface area contributed by atoms with Crippen molar-refractivity contribution in [3.05, 3.63) is 82.4 Å². The normalized spacial score (nSPS) is 16.1. The molecule has 214 valence electrons. The van der Waals surface area contributed by atoms with Gasteiger partial charge in [-0.2, -0.15) is 0 Å². The van der Waals surface area contributed by atoms with E-state index in [4.69, 9.17) is 9.72 Å². The molecule has 1 fully saturated rings. The maximum atomic E-state index is 13.3. The lowest BCUT2D eigenvalue weighted by molar-refractivity contribution is -0.160. The van der Waals surface area contributed by atoms with Crippen LogP contribution in [0.3, 0.4) is 0 Å². The Morgan fingerprint density at radius 2 is 1.50 bits per heavy atom. The van der Waals surface area contributed by atoms with Gasteiger partial charge in [-0.3, -0.25) is 4.98 Å². The number of hydrogen-bond donors (Lipinski definition) is 1. The van der Waals surface area contributed by atoms with E-state index >= 15 is 0 Å². The number of nitrogens with zero attached hydrogens (tertiary/aromatic N) is 2. The highest BCUT2D eigenvalue weighted by molar-refractivity contribution is 5.88. The molecule has 4 rings (SSSR count). The van der Waals surface area contributed by atoms with Gasteiger partial charge in [0.15, 0.2) is 6.10 Å². The van der Waals surface area contributed by atoms with E-state index in [9.17, 15) is 14.3 Å². The highest BCUT2D eigenvalue weighted by Crippen LogP contribution is 2.44. The molecule has 1 saturated heterocycles. The van der Waals surface area contributed by atoms with Crippen LogP contribution in [0.2, 0.25) is 0 Å². The number of rotatable bonds is 8. The third-order valence-corrected chi connectivity index (χ3v) is 7.83. The second-order valence-electron chi connectivity index (χ2n) is 12.8. The molecule has 1 aliphatic heterocycles. The number of carbonyl (C=O) groups is 1. The lowest BCUT2D eigenvalue weighted by atomic mass is 9.81. The van der Waals surface area contributed by atoms with E-state index < -0.39 is 17.7 Å². The van der Waals surface area contributed by atoms with E-state index in [1.165, 1.54) is 17.7 Å². The number of carboxylic acid groups (broad SMARTS) is 1. The number of hydrogen-bond acceptors (Lipinski definition) is 4. The summed E-state index contributed by atoms with van der Waals surface area (Å²) >= 11 is 0. The molecule has 1 N–H and O–H groups in total. The van der Waals surface area contributed by atoms with Crippen LogP contribution < -0.4 is 4.90 Å². The van der Waals surface area contributed by atoms with Crippen LogP contribution in [0.4, 0.5) is 10.1 Å². The smallest absolute Gasteiger partial charge is 0.337 e. The maximum Gasteiger partial charge on any atom is 0.337 e. The number of halogens is 1. The van der Waals surface area contributed by atoms with Gasteiger partial charge in [0.2, 0.25) is 0 Å². The summed E-state index contributed by atoms with van der Waals surface area (Å²) in [6, 6.07) is 15.1. The number of piperidine rings is 1. The van der Waals surface area contributed by atoms with Gasteiger partial charge in [0, 0.05) is 35.6 Å². The molecular formula is C34H43FN2O3. The molecule has 0 spiro atoms. The summed E-state index contributed by atoms with van der Waals surface area (Å²) in [6.07, 6.45) is 2.58. The highest BCUT2D eigenvalue weighted by Gasteiger charge is 2.36. The minimum atomic E-state index is -1.13. The Hall–Kier alpha value is -3.25. The molecule has 0 aliphatic carbocycles. The molecule has 0 radical (unpaired) electrons. The fraction of sp³-hybridized carbons (Fsp3) is 0.471. The zero-order valence-corrected chi connectivity index (χ0v) is 25.0. The number of benzene rings is 2.